The number of carbonyl (C=O) groups is 1. The molecular formula is C25H22F2N4O2S. The van der Waals surface area contributed by atoms with Gasteiger partial charge in [-0.25, -0.2) is 0 Å². The Morgan fingerprint density at radius 1 is 1.00 bits per heavy atom. The largest absolute Gasteiger partial charge is 0.433 e. The second-order valence-electron chi connectivity index (χ2n) is 7.49. The van der Waals surface area contributed by atoms with Gasteiger partial charge in [0.15, 0.2) is 11.0 Å². The van der Waals surface area contributed by atoms with Crippen LogP contribution in [0.25, 0.3) is 17.1 Å². The Labute approximate surface area is 200 Å². The Morgan fingerprint density at radius 2 is 1.74 bits per heavy atom. The maximum atomic E-state index is 12.7. The molecule has 174 valence electrons. The van der Waals surface area contributed by atoms with Gasteiger partial charge in [0, 0.05) is 5.56 Å². The monoisotopic (exact) mass is 480 g/mol. The zero-order valence-electron chi connectivity index (χ0n) is 18.5. The molecule has 0 fully saturated rings. The summed E-state index contributed by atoms with van der Waals surface area (Å²) in [5, 5.41) is 11.9. The van der Waals surface area contributed by atoms with E-state index >= 15 is 0 Å². The molecule has 0 unspecified atom stereocenters. The lowest BCUT2D eigenvalue weighted by Crippen LogP contribution is -2.16. The van der Waals surface area contributed by atoms with Crippen LogP contribution in [0.3, 0.4) is 0 Å². The van der Waals surface area contributed by atoms with E-state index in [0.717, 1.165) is 22.4 Å². The maximum absolute atomic E-state index is 12.7. The van der Waals surface area contributed by atoms with Crippen molar-refractivity contribution in [2.24, 2.45) is 0 Å². The molecule has 34 heavy (non-hydrogen) atoms. The Hall–Kier alpha value is -3.72. The third-order valence-corrected chi connectivity index (χ3v) is 6.05. The lowest BCUT2D eigenvalue weighted by molar-refractivity contribution is -0.113. The number of rotatable bonds is 8. The highest BCUT2D eigenvalue weighted by Gasteiger charge is 2.18. The molecule has 0 spiro atoms. The third kappa shape index (κ3) is 5.43. The van der Waals surface area contributed by atoms with E-state index in [1.165, 1.54) is 23.9 Å². The molecule has 0 saturated heterocycles. The van der Waals surface area contributed by atoms with Gasteiger partial charge >= 0.3 is 6.61 Å². The van der Waals surface area contributed by atoms with Crippen molar-refractivity contribution in [3.05, 3.63) is 83.9 Å². The number of aryl methyl sites for hydroxylation is 2. The first-order chi connectivity index (χ1) is 16.4. The smallest absolute Gasteiger partial charge is 0.387 e. The average molecular weight is 481 g/mol. The minimum atomic E-state index is -2.99. The van der Waals surface area contributed by atoms with Crippen molar-refractivity contribution in [1.29, 1.82) is 0 Å². The number of benzene rings is 3. The number of ether oxygens (including phenoxy) is 1. The molecule has 0 aliphatic heterocycles. The third-order valence-electron chi connectivity index (χ3n) is 5.12. The molecule has 1 amide bonds. The molecule has 0 atom stereocenters. The van der Waals surface area contributed by atoms with Crippen LogP contribution >= 0.6 is 11.8 Å². The number of nitrogens with zero attached hydrogens (tertiary/aromatic N) is 3. The summed E-state index contributed by atoms with van der Waals surface area (Å²) in [6, 6.07) is 21.8. The number of nitrogens with one attached hydrogen (secondary N) is 1. The number of aromatic nitrogens is 3. The van der Waals surface area contributed by atoms with Gasteiger partial charge in [0.05, 0.1) is 17.1 Å². The van der Waals surface area contributed by atoms with Crippen LogP contribution in [0.2, 0.25) is 0 Å². The van der Waals surface area contributed by atoms with E-state index in [1.807, 2.05) is 66.9 Å². The van der Waals surface area contributed by atoms with Crippen LogP contribution in [0.1, 0.15) is 11.1 Å². The normalized spacial score (nSPS) is 11.0. The van der Waals surface area contributed by atoms with E-state index in [4.69, 9.17) is 0 Å². The first-order valence-electron chi connectivity index (χ1n) is 10.5. The van der Waals surface area contributed by atoms with E-state index in [-0.39, 0.29) is 23.1 Å². The van der Waals surface area contributed by atoms with Crippen molar-refractivity contribution in [3.63, 3.8) is 0 Å². The molecule has 4 rings (SSSR count). The summed E-state index contributed by atoms with van der Waals surface area (Å²) < 4.78 is 31.7. The SMILES string of the molecule is Cc1ccc(-n2c(SCC(=O)Nc3ccccc3OC(F)F)nnc2-c2ccccc2)cc1C. The van der Waals surface area contributed by atoms with Crippen LogP contribution < -0.4 is 10.1 Å². The fourth-order valence-electron chi connectivity index (χ4n) is 3.32. The second-order valence-corrected chi connectivity index (χ2v) is 8.43. The number of carbonyl (C=O) groups excluding carboxylic acids is 1. The summed E-state index contributed by atoms with van der Waals surface area (Å²) >= 11 is 1.20. The van der Waals surface area contributed by atoms with Gasteiger partial charge in [-0.3, -0.25) is 9.36 Å². The average Bonchev–Trinajstić information content (AvgIpc) is 3.25. The molecule has 0 aliphatic carbocycles. The molecule has 1 heterocycles. The molecule has 9 heteroatoms. The molecular weight excluding hydrogens is 458 g/mol. The van der Waals surface area contributed by atoms with Gasteiger partial charge in [-0.05, 0) is 49.2 Å². The van der Waals surface area contributed by atoms with Gasteiger partial charge in [-0.1, -0.05) is 60.3 Å². The van der Waals surface area contributed by atoms with Gasteiger partial charge in [-0.2, -0.15) is 8.78 Å². The zero-order valence-corrected chi connectivity index (χ0v) is 19.4. The molecule has 0 radical (unpaired) electrons. The molecule has 0 saturated carbocycles. The molecule has 3 aromatic carbocycles. The fourth-order valence-corrected chi connectivity index (χ4v) is 4.07. The summed E-state index contributed by atoms with van der Waals surface area (Å²) in [5.74, 6) is 0.176. The first-order valence-corrected chi connectivity index (χ1v) is 11.5. The second kappa shape index (κ2) is 10.5. The topological polar surface area (TPSA) is 69.0 Å². The zero-order chi connectivity index (χ0) is 24.1. The minimum Gasteiger partial charge on any atom is -0.433 e. The number of amides is 1. The number of hydrogen-bond acceptors (Lipinski definition) is 5. The van der Waals surface area contributed by atoms with Crippen molar-refractivity contribution in [2.75, 3.05) is 11.1 Å². The van der Waals surface area contributed by atoms with E-state index in [2.05, 4.69) is 20.3 Å². The Kier molecular flexibility index (Phi) is 7.22. The van der Waals surface area contributed by atoms with Crippen LogP contribution in [0, 0.1) is 13.8 Å². The lowest BCUT2D eigenvalue weighted by Gasteiger charge is -2.13. The molecule has 1 N–H and O–H groups in total. The van der Waals surface area contributed by atoms with Crippen molar-refractivity contribution in [3.8, 4) is 22.8 Å². The summed E-state index contributed by atoms with van der Waals surface area (Å²) in [4.78, 5) is 12.6. The number of hydrogen-bond donors (Lipinski definition) is 1. The number of halogens is 2. The summed E-state index contributed by atoms with van der Waals surface area (Å²) in [6.45, 7) is 1.09. The molecule has 1 aromatic heterocycles. The quantitative estimate of drug-likeness (QED) is 0.319. The Morgan fingerprint density at radius 3 is 2.47 bits per heavy atom. The highest BCUT2D eigenvalue weighted by Crippen LogP contribution is 2.30. The Balaban J connectivity index is 1.58. The number of thioether (sulfide) groups is 1. The van der Waals surface area contributed by atoms with Gasteiger partial charge in [0.2, 0.25) is 5.91 Å². The van der Waals surface area contributed by atoms with Crippen molar-refractivity contribution in [1.82, 2.24) is 14.8 Å². The van der Waals surface area contributed by atoms with E-state index in [1.54, 1.807) is 12.1 Å². The van der Waals surface area contributed by atoms with Crippen molar-refractivity contribution in [2.45, 2.75) is 25.6 Å². The van der Waals surface area contributed by atoms with Crippen LogP contribution in [0.5, 0.6) is 5.75 Å². The minimum absolute atomic E-state index is 0.000773. The summed E-state index contributed by atoms with van der Waals surface area (Å²) in [7, 11) is 0. The maximum Gasteiger partial charge on any atom is 0.387 e. The molecule has 4 aromatic rings. The number of anilines is 1. The lowest BCUT2D eigenvalue weighted by atomic mass is 10.1. The van der Waals surface area contributed by atoms with E-state index in [9.17, 15) is 13.6 Å². The van der Waals surface area contributed by atoms with E-state index in [0.29, 0.717) is 11.0 Å². The van der Waals surface area contributed by atoms with Crippen LogP contribution in [0.15, 0.2) is 78.0 Å². The Bertz CT molecular complexity index is 1300. The van der Waals surface area contributed by atoms with Crippen molar-refractivity contribution >= 4 is 23.4 Å². The van der Waals surface area contributed by atoms with Gasteiger partial charge in [-0.15, -0.1) is 10.2 Å². The summed E-state index contributed by atoms with van der Waals surface area (Å²) in [5.41, 5.74) is 4.23. The highest BCUT2D eigenvalue weighted by molar-refractivity contribution is 7.99. The van der Waals surface area contributed by atoms with Gasteiger partial charge in [0.25, 0.3) is 0 Å². The van der Waals surface area contributed by atoms with Gasteiger partial charge in [0.1, 0.15) is 5.75 Å². The first kappa shape index (κ1) is 23.4. The van der Waals surface area contributed by atoms with Crippen LogP contribution in [0.4, 0.5) is 14.5 Å². The summed E-state index contributed by atoms with van der Waals surface area (Å²) in [6.07, 6.45) is 0. The highest BCUT2D eigenvalue weighted by atomic mass is 32.2. The van der Waals surface area contributed by atoms with Gasteiger partial charge < -0.3 is 10.1 Å². The predicted molar refractivity (Wildman–Crippen MR) is 129 cm³/mol. The molecule has 6 nitrogen and oxygen atoms in total. The number of para-hydroxylation sites is 2. The standard InChI is InChI=1S/C25H22F2N4O2S/c1-16-12-13-19(14-17(16)2)31-23(18-8-4-3-5-9-18)29-30-25(31)34-15-22(32)28-20-10-6-7-11-21(20)33-24(26)27/h3-14,24H,15H2,1-2H3,(H,28,32). The van der Waals surface area contributed by atoms with Crippen LogP contribution in [-0.4, -0.2) is 33.0 Å². The van der Waals surface area contributed by atoms with E-state index < -0.39 is 6.61 Å². The van der Waals surface area contributed by atoms with Crippen LogP contribution in [-0.2, 0) is 4.79 Å². The molecule has 0 bridgehead atoms. The fraction of sp³-hybridized carbons (Fsp3) is 0.160. The molecule has 0 aliphatic rings. The van der Waals surface area contributed by atoms with Crippen molar-refractivity contribution < 1.29 is 18.3 Å². The predicted octanol–water partition coefficient (Wildman–Crippen LogP) is 5.88. The number of alkyl halides is 2.